The van der Waals surface area contributed by atoms with Crippen molar-refractivity contribution in [3.63, 3.8) is 0 Å². The summed E-state index contributed by atoms with van der Waals surface area (Å²) in [5.74, 6) is -1.07. The number of hydrogen-bond donors (Lipinski definition) is 2. The summed E-state index contributed by atoms with van der Waals surface area (Å²) in [5.41, 5.74) is 1.07. The van der Waals surface area contributed by atoms with Crippen molar-refractivity contribution in [2.45, 2.75) is 39.9 Å². The average molecular weight is 384 g/mol. The van der Waals surface area contributed by atoms with Gasteiger partial charge >= 0.3 is 18.0 Å². The van der Waals surface area contributed by atoms with Crippen LogP contribution in [0.1, 0.15) is 48.4 Å². The molecule has 2 N–H and O–H groups in total. The molecule has 2 rings (SSSR count). The molecule has 0 heterocycles. The number of esters is 2. The van der Waals surface area contributed by atoms with Crippen molar-refractivity contribution in [1.29, 1.82) is 0 Å². The van der Waals surface area contributed by atoms with E-state index in [1.165, 1.54) is 0 Å². The number of hydrogen-bond acceptors (Lipinski definition) is 5. The Balaban J connectivity index is 2.16. The summed E-state index contributed by atoms with van der Waals surface area (Å²) in [5, 5.41) is 5.23. The Morgan fingerprint density at radius 3 is 1.39 bits per heavy atom. The van der Waals surface area contributed by atoms with Gasteiger partial charge in [0.1, 0.15) is 0 Å². The number of carbonyl (C=O) groups is 3. The fourth-order valence-electron chi connectivity index (χ4n) is 2.37. The first-order valence-electron chi connectivity index (χ1n) is 8.96. The van der Waals surface area contributed by atoms with Gasteiger partial charge in [0.05, 0.1) is 34.7 Å². The highest BCUT2D eigenvalue weighted by Gasteiger charge is 2.18. The van der Waals surface area contributed by atoms with Crippen molar-refractivity contribution in [2.24, 2.45) is 0 Å². The monoisotopic (exact) mass is 384 g/mol. The molecular weight excluding hydrogens is 360 g/mol. The SMILES string of the molecule is CC(C)OC(=O)c1ccccc1NC(=O)Nc1ccccc1C(=O)OC(C)C. The van der Waals surface area contributed by atoms with Crippen molar-refractivity contribution >= 4 is 29.3 Å². The van der Waals surface area contributed by atoms with Crippen molar-refractivity contribution in [3.05, 3.63) is 59.7 Å². The maximum absolute atomic E-state index is 12.4. The van der Waals surface area contributed by atoms with Crippen molar-refractivity contribution in [3.8, 4) is 0 Å². The molecule has 0 unspecified atom stereocenters. The van der Waals surface area contributed by atoms with Crippen molar-refractivity contribution in [2.75, 3.05) is 10.6 Å². The lowest BCUT2D eigenvalue weighted by Crippen LogP contribution is -2.23. The number of carbonyl (C=O) groups excluding carboxylic acids is 3. The van der Waals surface area contributed by atoms with E-state index in [1.54, 1.807) is 76.2 Å². The smallest absolute Gasteiger partial charge is 0.340 e. The standard InChI is InChI=1S/C21H24N2O5/c1-13(2)27-19(24)15-9-5-7-11-17(15)22-21(26)23-18-12-8-6-10-16(18)20(25)28-14(3)4/h5-14H,1-4H3,(H2,22,23,26). The molecule has 7 heteroatoms. The van der Waals surface area contributed by atoms with Crippen molar-refractivity contribution in [1.82, 2.24) is 0 Å². The van der Waals surface area contributed by atoms with E-state index >= 15 is 0 Å². The Hall–Kier alpha value is -3.35. The molecule has 148 valence electrons. The van der Waals surface area contributed by atoms with Crippen LogP contribution in [-0.4, -0.2) is 30.2 Å². The summed E-state index contributed by atoms with van der Waals surface area (Å²) in [7, 11) is 0. The number of urea groups is 1. The van der Waals surface area contributed by atoms with Gasteiger partial charge in [-0.3, -0.25) is 0 Å². The number of rotatable bonds is 6. The fourth-order valence-corrected chi connectivity index (χ4v) is 2.37. The van der Waals surface area contributed by atoms with Crippen LogP contribution in [0.25, 0.3) is 0 Å². The van der Waals surface area contributed by atoms with Gasteiger partial charge in [0.2, 0.25) is 0 Å². The van der Waals surface area contributed by atoms with Crippen molar-refractivity contribution < 1.29 is 23.9 Å². The van der Waals surface area contributed by atoms with Gasteiger partial charge in [-0.2, -0.15) is 0 Å². The van der Waals surface area contributed by atoms with Crippen LogP contribution in [-0.2, 0) is 9.47 Å². The number of anilines is 2. The second kappa shape index (κ2) is 9.55. The van der Waals surface area contributed by atoms with E-state index in [4.69, 9.17) is 9.47 Å². The Kier molecular flexibility index (Phi) is 7.14. The Morgan fingerprint density at radius 2 is 1.04 bits per heavy atom. The molecule has 0 bridgehead atoms. The molecule has 7 nitrogen and oxygen atoms in total. The molecule has 0 aliphatic carbocycles. The topological polar surface area (TPSA) is 93.7 Å². The highest BCUT2D eigenvalue weighted by Crippen LogP contribution is 2.20. The third-order valence-electron chi connectivity index (χ3n) is 3.48. The van der Waals surface area contributed by atoms with Gasteiger partial charge in [-0.25, -0.2) is 14.4 Å². The molecular formula is C21H24N2O5. The molecule has 0 saturated heterocycles. The second-order valence-corrected chi connectivity index (χ2v) is 6.58. The summed E-state index contributed by atoms with van der Waals surface area (Å²) >= 11 is 0. The third-order valence-corrected chi connectivity index (χ3v) is 3.48. The van der Waals surface area contributed by atoms with E-state index < -0.39 is 18.0 Å². The first-order valence-corrected chi connectivity index (χ1v) is 8.96. The minimum atomic E-state index is -0.602. The van der Waals surface area contributed by atoms with Crippen LogP contribution >= 0.6 is 0 Å². The number of amides is 2. The van der Waals surface area contributed by atoms with Gasteiger partial charge in [0.15, 0.2) is 0 Å². The van der Waals surface area contributed by atoms with Crippen LogP contribution in [0.2, 0.25) is 0 Å². The Bertz CT molecular complexity index is 792. The third kappa shape index (κ3) is 5.84. The molecule has 2 aromatic carbocycles. The van der Waals surface area contributed by atoms with Crippen LogP contribution in [0.4, 0.5) is 16.2 Å². The number of nitrogens with one attached hydrogen (secondary N) is 2. The Morgan fingerprint density at radius 1 is 0.679 bits per heavy atom. The van der Waals surface area contributed by atoms with Gasteiger partial charge in [0, 0.05) is 0 Å². The van der Waals surface area contributed by atoms with E-state index in [2.05, 4.69) is 10.6 Å². The highest BCUT2D eigenvalue weighted by molar-refractivity contribution is 6.07. The zero-order chi connectivity index (χ0) is 20.7. The van der Waals surface area contributed by atoms with Gasteiger partial charge in [0.25, 0.3) is 0 Å². The predicted molar refractivity (Wildman–Crippen MR) is 107 cm³/mol. The van der Waals surface area contributed by atoms with Crippen LogP contribution < -0.4 is 10.6 Å². The fraction of sp³-hybridized carbons (Fsp3) is 0.286. The minimum Gasteiger partial charge on any atom is -0.459 e. The summed E-state index contributed by atoms with van der Waals surface area (Å²) in [6, 6.07) is 12.4. The predicted octanol–water partition coefficient (Wildman–Crippen LogP) is 4.46. The summed E-state index contributed by atoms with van der Waals surface area (Å²) in [6.45, 7) is 6.98. The molecule has 2 amide bonds. The van der Waals surface area contributed by atoms with Gasteiger partial charge in [-0.15, -0.1) is 0 Å². The van der Waals surface area contributed by atoms with Crippen LogP contribution in [0.15, 0.2) is 48.5 Å². The zero-order valence-corrected chi connectivity index (χ0v) is 16.3. The first-order chi connectivity index (χ1) is 13.3. The molecule has 0 radical (unpaired) electrons. The quantitative estimate of drug-likeness (QED) is 0.717. The minimum absolute atomic E-state index is 0.235. The van der Waals surface area contributed by atoms with Crippen LogP contribution in [0.5, 0.6) is 0 Å². The highest BCUT2D eigenvalue weighted by atomic mass is 16.5. The number of benzene rings is 2. The van der Waals surface area contributed by atoms with E-state index in [1.807, 2.05) is 0 Å². The maximum atomic E-state index is 12.4. The lowest BCUT2D eigenvalue weighted by molar-refractivity contribution is 0.0368. The van der Waals surface area contributed by atoms with E-state index in [-0.39, 0.29) is 23.3 Å². The van der Waals surface area contributed by atoms with Gasteiger partial charge in [-0.1, -0.05) is 24.3 Å². The second-order valence-electron chi connectivity index (χ2n) is 6.58. The van der Waals surface area contributed by atoms with E-state index in [9.17, 15) is 14.4 Å². The summed E-state index contributed by atoms with van der Waals surface area (Å²) < 4.78 is 10.4. The molecule has 0 saturated carbocycles. The molecule has 0 spiro atoms. The lowest BCUT2D eigenvalue weighted by Gasteiger charge is -2.15. The molecule has 0 aliphatic rings. The number of para-hydroxylation sites is 2. The lowest BCUT2D eigenvalue weighted by atomic mass is 10.1. The Labute approximate surface area is 164 Å². The van der Waals surface area contributed by atoms with E-state index in [0.717, 1.165) is 0 Å². The zero-order valence-electron chi connectivity index (χ0n) is 16.3. The summed E-state index contributed by atoms with van der Waals surface area (Å²) in [4.78, 5) is 36.9. The molecule has 0 aliphatic heterocycles. The van der Waals surface area contributed by atoms with Gasteiger partial charge < -0.3 is 20.1 Å². The normalized spacial score (nSPS) is 10.5. The molecule has 0 aromatic heterocycles. The largest absolute Gasteiger partial charge is 0.459 e. The average Bonchev–Trinajstić information content (AvgIpc) is 2.61. The maximum Gasteiger partial charge on any atom is 0.340 e. The van der Waals surface area contributed by atoms with Crippen LogP contribution in [0, 0.1) is 0 Å². The first kappa shape index (κ1) is 21.0. The van der Waals surface area contributed by atoms with Crippen LogP contribution in [0.3, 0.4) is 0 Å². The number of ether oxygens (including phenoxy) is 2. The molecule has 0 fully saturated rings. The van der Waals surface area contributed by atoms with Gasteiger partial charge in [-0.05, 0) is 52.0 Å². The molecule has 0 atom stereocenters. The summed E-state index contributed by atoms with van der Waals surface area (Å²) in [6.07, 6.45) is -0.568. The molecule has 2 aromatic rings. The van der Waals surface area contributed by atoms with E-state index in [0.29, 0.717) is 11.4 Å². The molecule has 28 heavy (non-hydrogen) atoms.